The second-order valence-corrected chi connectivity index (χ2v) is 6.28. The Kier molecular flexibility index (Phi) is 7.04. The van der Waals surface area contributed by atoms with Crippen LogP contribution in [0.2, 0.25) is 5.02 Å². The number of aryl methyl sites for hydroxylation is 2. The normalized spacial score (nSPS) is 10.3. The summed E-state index contributed by atoms with van der Waals surface area (Å²) in [6.45, 7) is 4.43. The number of esters is 1. The Morgan fingerprint density at radius 1 is 1.19 bits per heavy atom. The molecule has 0 aliphatic heterocycles. The molecule has 0 heterocycles. The topological polar surface area (TPSA) is 67.4 Å². The van der Waals surface area contributed by atoms with Crippen LogP contribution in [0.5, 0.6) is 0 Å². The predicted octanol–water partition coefficient (Wildman–Crippen LogP) is 4.44. The van der Waals surface area contributed by atoms with Crippen LogP contribution < -0.4 is 10.6 Å². The molecule has 0 bridgehead atoms. The van der Waals surface area contributed by atoms with Crippen LogP contribution in [0.1, 0.15) is 34.8 Å². The number of ether oxygens (including phenoxy) is 1. The molecule has 2 aromatic rings. The molecule has 0 fully saturated rings. The van der Waals surface area contributed by atoms with Crippen molar-refractivity contribution in [3.05, 3.63) is 58.1 Å². The van der Waals surface area contributed by atoms with E-state index in [9.17, 15) is 9.59 Å². The van der Waals surface area contributed by atoms with Gasteiger partial charge in [-0.05, 0) is 42.7 Å². The molecule has 0 aliphatic carbocycles. The molecule has 0 aromatic heterocycles. The minimum absolute atomic E-state index is 0.0817. The van der Waals surface area contributed by atoms with E-state index < -0.39 is 5.97 Å². The SMILES string of the molecule is CCc1cccc(C)c1NC(=O)CCNc1cc(C(=O)OC)ccc1Cl. The number of halogens is 1. The highest BCUT2D eigenvalue weighted by Gasteiger charge is 2.11. The molecule has 2 aromatic carbocycles. The number of carbonyl (C=O) groups excluding carboxylic acids is 2. The molecule has 0 atom stereocenters. The van der Waals surface area contributed by atoms with Crippen LogP contribution in [0.4, 0.5) is 11.4 Å². The van der Waals surface area contributed by atoms with Gasteiger partial charge in [0.2, 0.25) is 5.91 Å². The fourth-order valence-corrected chi connectivity index (χ4v) is 2.80. The van der Waals surface area contributed by atoms with Gasteiger partial charge in [-0.25, -0.2) is 4.79 Å². The number of hydrogen-bond acceptors (Lipinski definition) is 4. The van der Waals surface area contributed by atoms with Crippen LogP contribution in [0.3, 0.4) is 0 Å². The van der Waals surface area contributed by atoms with Crippen molar-refractivity contribution in [2.75, 3.05) is 24.3 Å². The first kappa shape index (κ1) is 19.8. The standard InChI is InChI=1S/C20H23ClN2O3/c1-4-14-7-5-6-13(2)19(14)23-18(24)10-11-22-17-12-15(20(25)26-3)8-9-16(17)21/h5-9,12,22H,4,10-11H2,1-3H3,(H,23,24). The number of nitrogens with one attached hydrogen (secondary N) is 2. The van der Waals surface area contributed by atoms with E-state index in [1.165, 1.54) is 7.11 Å². The zero-order chi connectivity index (χ0) is 19.1. The third-order valence-corrected chi connectivity index (χ3v) is 4.39. The Hall–Kier alpha value is -2.53. The van der Waals surface area contributed by atoms with Crippen molar-refractivity contribution in [1.29, 1.82) is 0 Å². The van der Waals surface area contributed by atoms with Gasteiger partial charge in [0, 0.05) is 18.7 Å². The summed E-state index contributed by atoms with van der Waals surface area (Å²) in [5.41, 5.74) is 4.02. The van der Waals surface area contributed by atoms with Crippen molar-refractivity contribution in [3.8, 4) is 0 Å². The maximum Gasteiger partial charge on any atom is 0.337 e. The molecule has 0 saturated carbocycles. The van der Waals surface area contributed by atoms with E-state index >= 15 is 0 Å². The van der Waals surface area contributed by atoms with Gasteiger partial charge in [-0.2, -0.15) is 0 Å². The molecule has 6 heteroatoms. The minimum atomic E-state index is -0.436. The summed E-state index contributed by atoms with van der Waals surface area (Å²) < 4.78 is 4.70. The fourth-order valence-electron chi connectivity index (χ4n) is 2.62. The van der Waals surface area contributed by atoms with Crippen molar-refractivity contribution in [3.63, 3.8) is 0 Å². The van der Waals surface area contributed by atoms with Crippen molar-refractivity contribution < 1.29 is 14.3 Å². The lowest BCUT2D eigenvalue weighted by molar-refractivity contribution is -0.116. The van der Waals surface area contributed by atoms with Crippen LogP contribution in [-0.2, 0) is 16.0 Å². The Morgan fingerprint density at radius 2 is 1.96 bits per heavy atom. The fraction of sp³-hybridized carbons (Fsp3) is 0.300. The molecule has 2 N–H and O–H groups in total. The molecule has 0 aliphatic rings. The summed E-state index contributed by atoms with van der Waals surface area (Å²) in [7, 11) is 1.32. The van der Waals surface area contributed by atoms with Crippen LogP contribution in [0.15, 0.2) is 36.4 Å². The van der Waals surface area contributed by atoms with Gasteiger partial charge < -0.3 is 15.4 Å². The maximum absolute atomic E-state index is 12.3. The van der Waals surface area contributed by atoms with Crippen molar-refractivity contribution in [2.45, 2.75) is 26.7 Å². The van der Waals surface area contributed by atoms with Crippen LogP contribution >= 0.6 is 11.6 Å². The van der Waals surface area contributed by atoms with Gasteiger partial charge in [0.25, 0.3) is 0 Å². The van der Waals surface area contributed by atoms with Crippen molar-refractivity contribution in [1.82, 2.24) is 0 Å². The minimum Gasteiger partial charge on any atom is -0.465 e. The quantitative estimate of drug-likeness (QED) is 0.703. The van der Waals surface area contributed by atoms with E-state index in [1.54, 1.807) is 18.2 Å². The smallest absolute Gasteiger partial charge is 0.337 e. The van der Waals surface area contributed by atoms with Crippen LogP contribution in [0, 0.1) is 6.92 Å². The molecule has 1 amide bonds. The van der Waals surface area contributed by atoms with Gasteiger partial charge in [0.05, 0.1) is 23.4 Å². The number of benzene rings is 2. The van der Waals surface area contributed by atoms with E-state index in [2.05, 4.69) is 17.6 Å². The number of rotatable bonds is 7. The maximum atomic E-state index is 12.3. The van der Waals surface area contributed by atoms with E-state index in [-0.39, 0.29) is 12.3 Å². The average molecular weight is 375 g/mol. The van der Waals surface area contributed by atoms with Gasteiger partial charge in [-0.1, -0.05) is 36.7 Å². The monoisotopic (exact) mass is 374 g/mol. The molecular weight excluding hydrogens is 352 g/mol. The van der Waals surface area contributed by atoms with Crippen molar-refractivity contribution in [2.24, 2.45) is 0 Å². The lowest BCUT2D eigenvalue weighted by atomic mass is 10.1. The van der Waals surface area contributed by atoms with E-state index in [0.29, 0.717) is 22.8 Å². The number of methoxy groups -OCH3 is 1. The Morgan fingerprint density at radius 3 is 2.65 bits per heavy atom. The number of hydrogen-bond donors (Lipinski definition) is 2. The number of amides is 1. The molecule has 5 nitrogen and oxygen atoms in total. The number of anilines is 2. The lowest BCUT2D eigenvalue weighted by Gasteiger charge is -2.14. The molecule has 0 radical (unpaired) electrons. The second kappa shape index (κ2) is 9.25. The van der Waals surface area contributed by atoms with Crippen molar-refractivity contribution >= 4 is 34.9 Å². The zero-order valence-corrected chi connectivity index (χ0v) is 15.9. The molecule has 0 spiro atoms. The Labute approximate surface area is 158 Å². The molecule has 2 rings (SSSR count). The summed E-state index contributed by atoms with van der Waals surface area (Å²) in [5.74, 6) is -0.518. The van der Waals surface area contributed by atoms with Gasteiger partial charge in [-0.3, -0.25) is 4.79 Å². The Balaban J connectivity index is 1.96. The number of carbonyl (C=O) groups is 2. The highest BCUT2D eigenvalue weighted by atomic mass is 35.5. The largest absolute Gasteiger partial charge is 0.465 e. The molecule has 0 saturated heterocycles. The first-order chi connectivity index (χ1) is 12.5. The first-order valence-corrected chi connectivity index (χ1v) is 8.84. The summed E-state index contributed by atoms with van der Waals surface area (Å²) in [6, 6.07) is 10.8. The second-order valence-electron chi connectivity index (χ2n) is 5.87. The van der Waals surface area contributed by atoms with Gasteiger partial charge in [-0.15, -0.1) is 0 Å². The summed E-state index contributed by atoms with van der Waals surface area (Å²) >= 11 is 6.13. The molecular formula is C20H23ClN2O3. The third-order valence-electron chi connectivity index (χ3n) is 4.06. The van der Waals surface area contributed by atoms with Crippen LogP contribution in [0.25, 0.3) is 0 Å². The van der Waals surface area contributed by atoms with Gasteiger partial charge >= 0.3 is 5.97 Å². The van der Waals surface area contributed by atoms with Crippen LogP contribution in [-0.4, -0.2) is 25.5 Å². The predicted molar refractivity (Wildman–Crippen MR) is 105 cm³/mol. The van der Waals surface area contributed by atoms with E-state index in [0.717, 1.165) is 23.2 Å². The van der Waals surface area contributed by atoms with E-state index in [1.807, 2.05) is 25.1 Å². The molecule has 138 valence electrons. The highest BCUT2D eigenvalue weighted by Crippen LogP contribution is 2.24. The highest BCUT2D eigenvalue weighted by molar-refractivity contribution is 6.33. The summed E-state index contributed by atoms with van der Waals surface area (Å²) in [5, 5.41) is 6.55. The number of para-hydroxylation sites is 1. The van der Waals surface area contributed by atoms with E-state index in [4.69, 9.17) is 16.3 Å². The lowest BCUT2D eigenvalue weighted by Crippen LogP contribution is -2.18. The summed E-state index contributed by atoms with van der Waals surface area (Å²) in [6.07, 6.45) is 1.13. The zero-order valence-electron chi connectivity index (χ0n) is 15.2. The molecule has 0 unspecified atom stereocenters. The first-order valence-electron chi connectivity index (χ1n) is 8.46. The Bertz CT molecular complexity index is 806. The molecule has 26 heavy (non-hydrogen) atoms. The van der Waals surface area contributed by atoms with Gasteiger partial charge in [0.1, 0.15) is 0 Å². The van der Waals surface area contributed by atoms with Gasteiger partial charge in [0.15, 0.2) is 0 Å². The third kappa shape index (κ3) is 4.99. The average Bonchev–Trinajstić information content (AvgIpc) is 2.64. The summed E-state index contributed by atoms with van der Waals surface area (Å²) in [4.78, 5) is 23.9.